The van der Waals surface area contributed by atoms with E-state index < -0.39 is 46.1 Å². The molecule has 8 atom stereocenters. The lowest BCUT2D eigenvalue weighted by Gasteiger charge is -2.51. The summed E-state index contributed by atoms with van der Waals surface area (Å²) in [6.45, 7) is 5.59. The molecule has 0 aromatic carbocycles. The third-order valence-electron chi connectivity index (χ3n) is 8.57. The Morgan fingerprint density at radius 1 is 1.23 bits per heavy atom. The molecule has 2 bridgehead atoms. The van der Waals surface area contributed by atoms with Crippen molar-refractivity contribution in [2.75, 3.05) is 0 Å². The van der Waals surface area contributed by atoms with Crippen molar-refractivity contribution < 1.29 is 29.7 Å². The molecule has 4 fully saturated rings. The zero-order valence-electron chi connectivity index (χ0n) is 15.0. The fraction of sp³-hybridized carbons (Fsp3) is 0.750. The third kappa shape index (κ3) is 1.74. The van der Waals surface area contributed by atoms with E-state index in [1.807, 2.05) is 0 Å². The van der Waals surface area contributed by atoms with Crippen LogP contribution in [0, 0.1) is 39.9 Å². The minimum absolute atomic E-state index is 0.153. The first-order valence-electron chi connectivity index (χ1n) is 9.43. The number of carbonyl (C=O) groups excluding carboxylic acids is 1. The maximum Gasteiger partial charge on any atom is 0.312 e. The molecule has 4 aliphatic rings. The molecule has 4 saturated carbocycles. The molecule has 142 valence electrons. The summed E-state index contributed by atoms with van der Waals surface area (Å²) in [6, 6.07) is 0. The van der Waals surface area contributed by atoms with Crippen LogP contribution < -0.4 is 0 Å². The highest BCUT2D eigenvalue weighted by molar-refractivity contribution is 5.83. The van der Waals surface area contributed by atoms with E-state index in [9.17, 15) is 29.7 Å². The molecule has 0 aromatic heterocycles. The number of aliphatic hydroxyl groups is 1. The van der Waals surface area contributed by atoms with E-state index >= 15 is 0 Å². The fourth-order valence-electron chi connectivity index (χ4n) is 7.59. The van der Waals surface area contributed by atoms with Gasteiger partial charge in [-0.3, -0.25) is 9.59 Å². The zero-order valence-corrected chi connectivity index (χ0v) is 15.0. The average molecular weight is 362 g/mol. The smallest absolute Gasteiger partial charge is 0.312 e. The van der Waals surface area contributed by atoms with Crippen LogP contribution in [0.2, 0.25) is 0 Å². The topological polar surface area (TPSA) is 112 Å². The van der Waals surface area contributed by atoms with Gasteiger partial charge in [-0.05, 0) is 62.7 Å². The number of aliphatic carboxylic acids is 2. The highest BCUT2D eigenvalue weighted by Gasteiger charge is 2.78. The second-order valence-corrected chi connectivity index (χ2v) is 9.27. The van der Waals surface area contributed by atoms with Gasteiger partial charge in [0.1, 0.15) is 6.29 Å². The maximum absolute atomic E-state index is 12.5. The summed E-state index contributed by atoms with van der Waals surface area (Å²) < 4.78 is 0. The number of aliphatic hydroxyl groups excluding tert-OH is 1. The normalized spacial score (nSPS) is 52.2. The van der Waals surface area contributed by atoms with Crippen LogP contribution in [0.5, 0.6) is 0 Å². The quantitative estimate of drug-likeness (QED) is 0.524. The lowest BCUT2D eigenvalue weighted by Crippen LogP contribution is -2.58. The van der Waals surface area contributed by atoms with Crippen LogP contribution in [0.1, 0.15) is 45.4 Å². The van der Waals surface area contributed by atoms with E-state index in [0.29, 0.717) is 19.3 Å². The molecule has 4 rings (SSSR count). The van der Waals surface area contributed by atoms with Gasteiger partial charge in [0.25, 0.3) is 0 Å². The molecule has 0 aromatic rings. The van der Waals surface area contributed by atoms with Gasteiger partial charge >= 0.3 is 11.9 Å². The van der Waals surface area contributed by atoms with E-state index in [1.54, 1.807) is 0 Å². The molecular weight excluding hydrogens is 336 g/mol. The number of carboxylic acid groups (broad SMARTS) is 2. The predicted octanol–water partition coefficient (Wildman–Crippen LogP) is 2.11. The first kappa shape index (κ1) is 17.7. The van der Waals surface area contributed by atoms with Gasteiger partial charge < -0.3 is 20.1 Å². The van der Waals surface area contributed by atoms with Crippen molar-refractivity contribution in [2.24, 2.45) is 39.9 Å². The van der Waals surface area contributed by atoms with Crippen LogP contribution >= 0.6 is 0 Å². The van der Waals surface area contributed by atoms with Crippen molar-refractivity contribution in [3.63, 3.8) is 0 Å². The molecule has 1 spiro atoms. The molecule has 0 unspecified atom stereocenters. The molecule has 4 aliphatic carbocycles. The van der Waals surface area contributed by atoms with Gasteiger partial charge in [-0.2, -0.15) is 0 Å². The zero-order chi connectivity index (χ0) is 19.1. The van der Waals surface area contributed by atoms with Crippen LogP contribution in [0.3, 0.4) is 0 Å². The Kier molecular flexibility index (Phi) is 3.53. The van der Waals surface area contributed by atoms with Gasteiger partial charge in [0, 0.05) is 11.3 Å². The Labute approximate surface area is 152 Å². The minimum atomic E-state index is -1.65. The Balaban J connectivity index is 1.99. The first-order valence-corrected chi connectivity index (χ1v) is 9.43. The monoisotopic (exact) mass is 362 g/mol. The fourth-order valence-corrected chi connectivity index (χ4v) is 7.59. The second-order valence-electron chi connectivity index (χ2n) is 9.27. The summed E-state index contributed by atoms with van der Waals surface area (Å²) in [5.41, 5.74) is -2.22. The molecule has 0 saturated heterocycles. The van der Waals surface area contributed by atoms with Crippen molar-refractivity contribution in [1.82, 2.24) is 0 Å². The number of aldehydes is 1. The summed E-state index contributed by atoms with van der Waals surface area (Å²) in [6.07, 6.45) is 3.10. The second kappa shape index (κ2) is 5.18. The summed E-state index contributed by atoms with van der Waals surface area (Å²) in [7, 11) is 0. The van der Waals surface area contributed by atoms with Gasteiger partial charge in [0.05, 0.1) is 17.4 Å². The largest absolute Gasteiger partial charge is 0.481 e. The maximum atomic E-state index is 12.5. The third-order valence-corrected chi connectivity index (χ3v) is 8.57. The number of rotatable bonds is 3. The summed E-state index contributed by atoms with van der Waals surface area (Å²) in [4.78, 5) is 37.2. The van der Waals surface area contributed by atoms with Crippen molar-refractivity contribution in [1.29, 1.82) is 0 Å². The van der Waals surface area contributed by atoms with E-state index in [2.05, 4.69) is 6.58 Å². The summed E-state index contributed by atoms with van der Waals surface area (Å²) in [5.74, 6) is -3.99. The number of allylic oxidation sites excluding steroid dienone is 1. The number of hydrogen-bond donors (Lipinski definition) is 3. The summed E-state index contributed by atoms with van der Waals surface area (Å²) >= 11 is 0. The van der Waals surface area contributed by atoms with Crippen molar-refractivity contribution >= 4 is 18.2 Å². The molecule has 6 nitrogen and oxygen atoms in total. The lowest BCUT2D eigenvalue weighted by atomic mass is 9.52. The number of fused-ring (bicyclic) bond motifs is 3. The predicted molar refractivity (Wildman–Crippen MR) is 91.1 cm³/mol. The number of hydrogen-bond acceptors (Lipinski definition) is 4. The van der Waals surface area contributed by atoms with E-state index in [0.717, 1.165) is 24.7 Å². The van der Waals surface area contributed by atoms with Gasteiger partial charge in [0.2, 0.25) is 0 Å². The number of carboxylic acids is 2. The molecule has 0 amide bonds. The van der Waals surface area contributed by atoms with Crippen LogP contribution in [0.25, 0.3) is 0 Å². The SMILES string of the molecule is C=C1C[C@]23C[C@H]1CC[C@H]2[C@]1(C=O)CC[C@H](O)[C@@](C)(C(=O)O)[C@H]1[C@@H]3C(=O)O. The van der Waals surface area contributed by atoms with E-state index in [1.165, 1.54) is 6.92 Å². The van der Waals surface area contributed by atoms with E-state index in [4.69, 9.17) is 0 Å². The van der Waals surface area contributed by atoms with Crippen LogP contribution in [-0.4, -0.2) is 39.6 Å². The van der Waals surface area contributed by atoms with E-state index in [-0.39, 0.29) is 18.3 Å². The van der Waals surface area contributed by atoms with Crippen molar-refractivity contribution in [2.45, 2.75) is 51.6 Å². The molecule has 3 N–H and O–H groups in total. The van der Waals surface area contributed by atoms with Crippen molar-refractivity contribution in [3.8, 4) is 0 Å². The number of carbonyl (C=O) groups is 3. The molecule has 6 heteroatoms. The molecule has 0 aliphatic heterocycles. The van der Waals surface area contributed by atoms with Crippen molar-refractivity contribution in [3.05, 3.63) is 12.2 Å². The van der Waals surface area contributed by atoms with Gasteiger partial charge in [-0.15, -0.1) is 0 Å². The van der Waals surface area contributed by atoms with Crippen LogP contribution in [0.4, 0.5) is 0 Å². The Morgan fingerprint density at radius 3 is 2.50 bits per heavy atom. The highest BCUT2D eigenvalue weighted by atomic mass is 16.4. The molecular formula is C20H26O6. The highest BCUT2D eigenvalue weighted by Crippen LogP contribution is 2.77. The Hall–Kier alpha value is -1.69. The average Bonchev–Trinajstić information content (AvgIpc) is 2.99. The van der Waals surface area contributed by atoms with Crippen LogP contribution in [0.15, 0.2) is 12.2 Å². The van der Waals surface area contributed by atoms with Gasteiger partial charge in [0.15, 0.2) is 0 Å². The standard InChI is InChI=1S/C20H26O6/c1-10-7-20-8-11(10)3-4-12(20)19(9-21)6-5-13(22)18(2,17(25)26)15(19)14(20)16(23)24/h9,11-15,22H,1,3-8H2,2H3,(H,23,24)(H,25,26)/t11-,12+,13+,14-,15-,18-,19-,20+/m1/s1. The lowest BCUT2D eigenvalue weighted by molar-refractivity contribution is -0.182. The Morgan fingerprint density at radius 2 is 1.92 bits per heavy atom. The molecule has 0 radical (unpaired) electrons. The molecule has 26 heavy (non-hydrogen) atoms. The molecule has 0 heterocycles. The minimum Gasteiger partial charge on any atom is -0.481 e. The van der Waals surface area contributed by atoms with Gasteiger partial charge in [-0.1, -0.05) is 12.2 Å². The Bertz CT molecular complexity index is 715. The van der Waals surface area contributed by atoms with Gasteiger partial charge in [-0.25, -0.2) is 0 Å². The summed E-state index contributed by atoms with van der Waals surface area (Å²) in [5, 5.41) is 30.8. The van der Waals surface area contributed by atoms with Crippen LogP contribution in [-0.2, 0) is 14.4 Å². The first-order chi connectivity index (χ1) is 12.1.